The maximum atomic E-state index is 13.8. The molecule has 0 unspecified atom stereocenters. The van der Waals surface area contributed by atoms with Gasteiger partial charge in [-0.3, -0.25) is 9.59 Å². The van der Waals surface area contributed by atoms with E-state index in [0.717, 1.165) is 44.8 Å². The molecule has 0 aliphatic carbocycles. The average molecular weight is 496 g/mol. The van der Waals surface area contributed by atoms with Crippen molar-refractivity contribution >= 4 is 55.8 Å². The SMILES string of the molecule is CN(C)c1ccc2c3c(cccc13)C(=O)N(c1ccc3c(c1)c1ccccc1n3Cc1ccccc1)C2=O. The van der Waals surface area contributed by atoms with Crippen LogP contribution in [0.2, 0.25) is 0 Å². The standard InChI is InChI=1S/C33H25N3O2/c1-34(2)28-18-16-26-31-24(28)12-8-13-25(31)32(37)36(33(26)38)22-15-17-30-27(19-22)23-11-6-7-14-29(23)35(30)20-21-9-4-3-5-10-21/h3-19H,20H2,1-2H3. The van der Waals surface area contributed by atoms with Crippen LogP contribution in [0, 0.1) is 0 Å². The monoisotopic (exact) mass is 495 g/mol. The van der Waals surface area contributed by atoms with Crippen LogP contribution in [0.4, 0.5) is 11.4 Å². The smallest absolute Gasteiger partial charge is 0.265 e. The summed E-state index contributed by atoms with van der Waals surface area (Å²) in [5.41, 5.74) is 6.05. The molecule has 6 aromatic rings. The van der Waals surface area contributed by atoms with Gasteiger partial charge < -0.3 is 9.47 Å². The molecule has 0 saturated carbocycles. The molecule has 0 saturated heterocycles. The summed E-state index contributed by atoms with van der Waals surface area (Å²) < 4.78 is 2.29. The van der Waals surface area contributed by atoms with E-state index < -0.39 is 0 Å². The summed E-state index contributed by atoms with van der Waals surface area (Å²) in [7, 11) is 3.93. The summed E-state index contributed by atoms with van der Waals surface area (Å²) in [5.74, 6) is -0.590. The van der Waals surface area contributed by atoms with E-state index in [-0.39, 0.29) is 11.8 Å². The molecule has 5 aromatic carbocycles. The zero-order chi connectivity index (χ0) is 26.0. The molecule has 7 rings (SSSR count). The molecule has 184 valence electrons. The summed E-state index contributed by atoms with van der Waals surface area (Å²) in [6.45, 7) is 0.732. The number of carbonyl (C=O) groups is 2. The Morgan fingerprint density at radius 2 is 1.32 bits per heavy atom. The second kappa shape index (κ2) is 8.32. The van der Waals surface area contributed by atoms with Gasteiger partial charge in [0.25, 0.3) is 11.8 Å². The van der Waals surface area contributed by atoms with Crippen LogP contribution >= 0.6 is 0 Å². The van der Waals surface area contributed by atoms with E-state index in [1.165, 1.54) is 10.5 Å². The lowest BCUT2D eigenvalue weighted by molar-refractivity contribution is 0.0893. The lowest BCUT2D eigenvalue weighted by atomic mass is 9.92. The number of benzene rings is 5. The van der Waals surface area contributed by atoms with Gasteiger partial charge in [0.1, 0.15) is 0 Å². The van der Waals surface area contributed by atoms with Crippen LogP contribution in [-0.2, 0) is 6.54 Å². The number of hydrogen-bond acceptors (Lipinski definition) is 3. The maximum Gasteiger partial charge on any atom is 0.265 e. The summed E-state index contributed by atoms with van der Waals surface area (Å²) in [6.07, 6.45) is 0. The van der Waals surface area contributed by atoms with Crippen molar-refractivity contribution < 1.29 is 9.59 Å². The third-order valence-corrected chi connectivity index (χ3v) is 7.56. The van der Waals surface area contributed by atoms with Crippen molar-refractivity contribution in [3.63, 3.8) is 0 Å². The predicted molar refractivity (Wildman–Crippen MR) is 154 cm³/mol. The molecule has 1 aliphatic rings. The molecular formula is C33H25N3O2. The third kappa shape index (κ3) is 3.18. The molecule has 0 spiro atoms. The Morgan fingerprint density at radius 1 is 0.632 bits per heavy atom. The van der Waals surface area contributed by atoms with E-state index in [9.17, 15) is 9.59 Å². The highest BCUT2D eigenvalue weighted by Crippen LogP contribution is 2.39. The molecule has 38 heavy (non-hydrogen) atoms. The highest BCUT2D eigenvalue weighted by Gasteiger charge is 2.35. The fourth-order valence-corrected chi connectivity index (χ4v) is 5.82. The Morgan fingerprint density at radius 3 is 2.11 bits per heavy atom. The van der Waals surface area contributed by atoms with E-state index in [0.29, 0.717) is 16.8 Å². The highest BCUT2D eigenvalue weighted by atomic mass is 16.2. The first-order valence-corrected chi connectivity index (χ1v) is 12.7. The number of rotatable bonds is 4. The summed E-state index contributed by atoms with van der Waals surface area (Å²) in [5, 5.41) is 3.74. The molecule has 5 heteroatoms. The second-order valence-electron chi connectivity index (χ2n) is 9.99. The van der Waals surface area contributed by atoms with Gasteiger partial charge >= 0.3 is 0 Å². The molecule has 2 amide bonds. The maximum absolute atomic E-state index is 13.8. The van der Waals surface area contributed by atoms with Crippen molar-refractivity contribution in [3.8, 4) is 0 Å². The van der Waals surface area contributed by atoms with Crippen molar-refractivity contribution in [2.45, 2.75) is 6.54 Å². The highest BCUT2D eigenvalue weighted by molar-refractivity contribution is 6.36. The van der Waals surface area contributed by atoms with Crippen molar-refractivity contribution in [2.75, 3.05) is 23.9 Å². The summed E-state index contributed by atoms with van der Waals surface area (Å²) in [4.78, 5) is 31.0. The van der Waals surface area contributed by atoms with Crippen LogP contribution in [0.25, 0.3) is 32.6 Å². The van der Waals surface area contributed by atoms with E-state index in [1.807, 2.05) is 85.7 Å². The number of carbonyl (C=O) groups excluding carboxylic acids is 2. The Kier molecular flexibility index (Phi) is 4.88. The Balaban J connectivity index is 1.40. The predicted octanol–water partition coefficient (Wildman–Crippen LogP) is 6.86. The molecule has 1 aliphatic heterocycles. The number of fused-ring (bicyclic) bond motifs is 3. The molecule has 5 nitrogen and oxygen atoms in total. The Bertz CT molecular complexity index is 1900. The van der Waals surface area contributed by atoms with Crippen molar-refractivity contribution in [1.29, 1.82) is 0 Å². The van der Waals surface area contributed by atoms with E-state index in [1.54, 1.807) is 0 Å². The average Bonchev–Trinajstić information content (AvgIpc) is 3.25. The number of amides is 2. The van der Waals surface area contributed by atoms with Gasteiger partial charge in [-0.05, 0) is 48.0 Å². The van der Waals surface area contributed by atoms with Gasteiger partial charge in [-0.2, -0.15) is 0 Å². The van der Waals surface area contributed by atoms with Crippen LogP contribution in [0.5, 0.6) is 0 Å². The lowest BCUT2D eigenvalue weighted by Gasteiger charge is -2.28. The first kappa shape index (κ1) is 22.3. The minimum Gasteiger partial charge on any atom is -0.377 e. The minimum absolute atomic E-state index is 0.295. The van der Waals surface area contributed by atoms with Gasteiger partial charge in [-0.1, -0.05) is 60.7 Å². The van der Waals surface area contributed by atoms with Crippen molar-refractivity contribution in [2.24, 2.45) is 0 Å². The first-order chi connectivity index (χ1) is 18.5. The molecule has 2 heterocycles. The number of para-hydroxylation sites is 1. The number of anilines is 2. The van der Waals surface area contributed by atoms with Gasteiger partial charge in [0.05, 0.1) is 5.69 Å². The van der Waals surface area contributed by atoms with E-state index in [2.05, 4.69) is 41.0 Å². The zero-order valence-corrected chi connectivity index (χ0v) is 21.2. The van der Waals surface area contributed by atoms with Gasteiger partial charge in [-0.15, -0.1) is 0 Å². The number of imide groups is 1. The Labute approximate surface area is 220 Å². The minimum atomic E-state index is -0.295. The van der Waals surface area contributed by atoms with Gasteiger partial charge in [-0.25, -0.2) is 4.90 Å². The fraction of sp³-hybridized carbons (Fsp3) is 0.0909. The van der Waals surface area contributed by atoms with Crippen molar-refractivity contribution in [1.82, 2.24) is 4.57 Å². The fourth-order valence-electron chi connectivity index (χ4n) is 5.82. The third-order valence-electron chi connectivity index (χ3n) is 7.56. The van der Waals surface area contributed by atoms with Gasteiger partial charge in [0.15, 0.2) is 0 Å². The number of nitrogens with zero attached hydrogens (tertiary/aromatic N) is 3. The van der Waals surface area contributed by atoms with Crippen LogP contribution in [0.1, 0.15) is 26.3 Å². The quantitative estimate of drug-likeness (QED) is 0.251. The lowest BCUT2D eigenvalue weighted by Crippen LogP contribution is -2.40. The van der Waals surface area contributed by atoms with E-state index in [4.69, 9.17) is 0 Å². The summed E-state index contributed by atoms with van der Waals surface area (Å²) in [6, 6.07) is 34.0. The first-order valence-electron chi connectivity index (χ1n) is 12.7. The molecule has 0 fully saturated rings. The largest absolute Gasteiger partial charge is 0.377 e. The molecular weight excluding hydrogens is 470 g/mol. The van der Waals surface area contributed by atoms with Gasteiger partial charge in [0.2, 0.25) is 0 Å². The molecule has 0 bridgehead atoms. The van der Waals surface area contributed by atoms with Crippen LogP contribution < -0.4 is 9.80 Å². The molecule has 0 atom stereocenters. The van der Waals surface area contributed by atoms with Crippen LogP contribution in [0.15, 0.2) is 103 Å². The summed E-state index contributed by atoms with van der Waals surface area (Å²) >= 11 is 0. The molecule has 0 N–H and O–H groups in total. The second-order valence-corrected chi connectivity index (χ2v) is 9.99. The molecule has 1 aromatic heterocycles. The Hall–Kier alpha value is -4.90. The van der Waals surface area contributed by atoms with Crippen LogP contribution in [-0.4, -0.2) is 30.5 Å². The van der Waals surface area contributed by atoms with Gasteiger partial charge in [0, 0.05) is 70.0 Å². The number of aromatic nitrogens is 1. The van der Waals surface area contributed by atoms with Crippen molar-refractivity contribution in [3.05, 3.63) is 120 Å². The normalized spacial score (nSPS) is 13.2. The molecule has 0 radical (unpaired) electrons. The van der Waals surface area contributed by atoms with Crippen LogP contribution in [0.3, 0.4) is 0 Å². The number of hydrogen-bond donors (Lipinski definition) is 0. The zero-order valence-electron chi connectivity index (χ0n) is 21.2. The topological polar surface area (TPSA) is 45.6 Å². The van der Waals surface area contributed by atoms with E-state index >= 15 is 0 Å².